The number of aryl methyl sites for hydroxylation is 1. The number of aromatic amines is 1. The summed E-state index contributed by atoms with van der Waals surface area (Å²) >= 11 is 0. The average molecular weight is 462 g/mol. The zero-order chi connectivity index (χ0) is 17.6. The van der Waals surface area contributed by atoms with Crippen LogP contribution in [0.15, 0.2) is 59.7 Å². The number of halogens is 1. The average Bonchev–Trinajstić information content (AvgIpc) is 3.03. The molecule has 0 amide bonds. The van der Waals surface area contributed by atoms with Gasteiger partial charge in [0.1, 0.15) is 0 Å². The Morgan fingerprint density at radius 3 is 2.65 bits per heavy atom. The zero-order valence-corrected chi connectivity index (χ0v) is 17.9. The van der Waals surface area contributed by atoms with E-state index in [-0.39, 0.29) is 30.0 Å². The molecule has 138 valence electrons. The fourth-order valence-corrected chi connectivity index (χ4v) is 3.05. The monoisotopic (exact) mass is 462 g/mol. The number of aliphatic imine (C=N–C) groups is 1. The first-order valence-corrected chi connectivity index (χ1v) is 8.76. The van der Waals surface area contributed by atoms with E-state index in [9.17, 15) is 0 Å². The number of fused-ring (bicyclic) bond motifs is 1. The van der Waals surface area contributed by atoms with Crippen molar-refractivity contribution < 1.29 is 0 Å². The maximum Gasteiger partial charge on any atom is 0.191 e. The summed E-state index contributed by atoms with van der Waals surface area (Å²) in [5.41, 5.74) is 5.06. The molecule has 0 saturated heterocycles. The van der Waals surface area contributed by atoms with Gasteiger partial charge in [-0.1, -0.05) is 42.5 Å². The van der Waals surface area contributed by atoms with E-state index in [0.717, 1.165) is 18.9 Å². The van der Waals surface area contributed by atoms with E-state index >= 15 is 0 Å². The highest BCUT2D eigenvalue weighted by atomic mass is 127. The third-order valence-electron chi connectivity index (χ3n) is 4.49. The normalized spacial score (nSPS) is 12.5. The summed E-state index contributed by atoms with van der Waals surface area (Å²) in [7, 11) is 1.81. The molecule has 0 aliphatic rings. The summed E-state index contributed by atoms with van der Waals surface area (Å²) < 4.78 is 0. The Balaban J connectivity index is 0.00000243. The molecule has 0 bridgehead atoms. The first kappa shape index (κ1) is 20.3. The van der Waals surface area contributed by atoms with Gasteiger partial charge in [0, 0.05) is 30.7 Å². The van der Waals surface area contributed by atoms with E-state index in [0.29, 0.717) is 0 Å². The standard InChI is InChI=1S/C21H26N4.HI/c1-15-9-10-19-18(14-24-20(19)13-15)11-12-23-21(22-3)25-16(2)17-7-5-4-6-8-17;/h4-10,13-14,16,24H,11-12H2,1-3H3,(H2,22,23,25);1H. The molecule has 4 nitrogen and oxygen atoms in total. The van der Waals surface area contributed by atoms with Gasteiger partial charge in [-0.25, -0.2) is 0 Å². The van der Waals surface area contributed by atoms with E-state index in [1.54, 1.807) is 0 Å². The van der Waals surface area contributed by atoms with Crippen LogP contribution in [-0.2, 0) is 6.42 Å². The molecule has 0 spiro atoms. The van der Waals surface area contributed by atoms with Crippen molar-refractivity contribution in [1.82, 2.24) is 15.6 Å². The number of hydrogen-bond donors (Lipinski definition) is 3. The second kappa shape index (κ2) is 9.62. The summed E-state index contributed by atoms with van der Waals surface area (Å²) in [4.78, 5) is 7.69. The molecule has 0 fully saturated rings. The lowest BCUT2D eigenvalue weighted by atomic mass is 10.1. The van der Waals surface area contributed by atoms with Gasteiger partial charge in [0.25, 0.3) is 0 Å². The van der Waals surface area contributed by atoms with Crippen LogP contribution in [0.1, 0.15) is 29.7 Å². The first-order chi connectivity index (χ1) is 12.2. The lowest BCUT2D eigenvalue weighted by Crippen LogP contribution is -2.39. The van der Waals surface area contributed by atoms with Crippen LogP contribution >= 0.6 is 24.0 Å². The number of H-pyrrole nitrogens is 1. The minimum atomic E-state index is 0. The van der Waals surface area contributed by atoms with Gasteiger partial charge in [0.2, 0.25) is 0 Å². The zero-order valence-electron chi connectivity index (χ0n) is 15.5. The molecule has 2 aromatic carbocycles. The second-order valence-electron chi connectivity index (χ2n) is 6.39. The number of nitrogens with zero attached hydrogens (tertiary/aromatic N) is 1. The van der Waals surface area contributed by atoms with Crippen molar-refractivity contribution in [3.05, 3.63) is 71.4 Å². The SMILES string of the molecule is CN=C(NCCc1c[nH]c2cc(C)ccc12)NC(C)c1ccccc1.I. The molecule has 0 saturated carbocycles. The van der Waals surface area contributed by atoms with Gasteiger partial charge in [0.15, 0.2) is 5.96 Å². The molecule has 0 aliphatic carbocycles. The van der Waals surface area contributed by atoms with E-state index in [4.69, 9.17) is 0 Å². The van der Waals surface area contributed by atoms with Crippen LogP contribution in [0.3, 0.4) is 0 Å². The molecule has 1 aromatic heterocycles. The van der Waals surface area contributed by atoms with Crippen molar-refractivity contribution >= 4 is 40.8 Å². The lowest BCUT2D eigenvalue weighted by molar-refractivity contribution is 0.684. The second-order valence-corrected chi connectivity index (χ2v) is 6.39. The van der Waals surface area contributed by atoms with Crippen molar-refractivity contribution in [2.45, 2.75) is 26.3 Å². The first-order valence-electron chi connectivity index (χ1n) is 8.76. The highest BCUT2D eigenvalue weighted by Crippen LogP contribution is 2.19. The van der Waals surface area contributed by atoms with E-state index < -0.39 is 0 Å². The molecule has 26 heavy (non-hydrogen) atoms. The molecule has 0 aliphatic heterocycles. The van der Waals surface area contributed by atoms with E-state index in [1.165, 1.54) is 27.6 Å². The topological polar surface area (TPSA) is 52.2 Å². The van der Waals surface area contributed by atoms with Crippen molar-refractivity contribution in [1.29, 1.82) is 0 Å². The summed E-state index contributed by atoms with van der Waals surface area (Å²) in [6.07, 6.45) is 3.05. The molecule has 3 rings (SSSR count). The minimum absolute atomic E-state index is 0. The van der Waals surface area contributed by atoms with E-state index in [1.807, 2.05) is 13.1 Å². The largest absolute Gasteiger partial charge is 0.361 e. The molecule has 1 unspecified atom stereocenters. The number of benzene rings is 2. The maximum atomic E-state index is 4.33. The Morgan fingerprint density at radius 2 is 1.92 bits per heavy atom. The smallest absolute Gasteiger partial charge is 0.191 e. The number of nitrogens with one attached hydrogen (secondary N) is 3. The van der Waals surface area contributed by atoms with Crippen LogP contribution in [0.5, 0.6) is 0 Å². The number of hydrogen-bond acceptors (Lipinski definition) is 1. The van der Waals surface area contributed by atoms with Crippen molar-refractivity contribution in [3.63, 3.8) is 0 Å². The Hall–Kier alpha value is -2.02. The van der Waals surface area contributed by atoms with Gasteiger partial charge in [-0.2, -0.15) is 0 Å². The molecular formula is C21H27IN4. The molecular weight excluding hydrogens is 435 g/mol. The summed E-state index contributed by atoms with van der Waals surface area (Å²) in [6.45, 7) is 5.09. The quantitative estimate of drug-likeness (QED) is 0.296. The van der Waals surface area contributed by atoms with Gasteiger partial charge in [-0.15, -0.1) is 24.0 Å². The van der Waals surface area contributed by atoms with Crippen LogP contribution < -0.4 is 10.6 Å². The van der Waals surface area contributed by atoms with Crippen LogP contribution in [0.25, 0.3) is 10.9 Å². The van der Waals surface area contributed by atoms with Crippen LogP contribution in [-0.4, -0.2) is 24.5 Å². The highest BCUT2D eigenvalue weighted by Gasteiger charge is 2.08. The molecule has 1 atom stereocenters. The van der Waals surface area contributed by atoms with E-state index in [2.05, 4.69) is 83.1 Å². The molecule has 1 heterocycles. The third-order valence-corrected chi connectivity index (χ3v) is 4.49. The number of guanidine groups is 1. The van der Waals surface area contributed by atoms with Gasteiger partial charge >= 0.3 is 0 Å². The molecule has 5 heteroatoms. The van der Waals surface area contributed by atoms with Gasteiger partial charge in [0.05, 0.1) is 6.04 Å². The third kappa shape index (κ3) is 5.00. The maximum absolute atomic E-state index is 4.33. The predicted octanol–water partition coefficient (Wildman–Crippen LogP) is 4.56. The molecule has 3 aromatic rings. The summed E-state index contributed by atoms with van der Waals surface area (Å²) in [5.74, 6) is 0.826. The fourth-order valence-electron chi connectivity index (χ4n) is 3.05. The molecule has 3 N–H and O–H groups in total. The minimum Gasteiger partial charge on any atom is -0.361 e. The number of rotatable bonds is 5. The Kier molecular flexibility index (Phi) is 7.50. The van der Waals surface area contributed by atoms with Crippen LogP contribution in [0, 0.1) is 6.92 Å². The fraction of sp³-hybridized carbons (Fsp3) is 0.286. The van der Waals surface area contributed by atoms with Gasteiger partial charge < -0.3 is 15.6 Å². The van der Waals surface area contributed by atoms with Crippen LogP contribution in [0.4, 0.5) is 0 Å². The lowest BCUT2D eigenvalue weighted by Gasteiger charge is -2.18. The van der Waals surface area contributed by atoms with Crippen LogP contribution in [0.2, 0.25) is 0 Å². The summed E-state index contributed by atoms with van der Waals surface area (Å²) in [5, 5.41) is 8.15. The Bertz CT molecular complexity index is 855. The summed E-state index contributed by atoms with van der Waals surface area (Å²) in [6, 6.07) is 17.2. The molecule has 0 radical (unpaired) electrons. The number of aromatic nitrogens is 1. The Morgan fingerprint density at radius 1 is 1.15 bits per heavy atom. The van der Waals surface area contributed by atoms with Crippen molar-refractivity contribution in [2.24, 2.45) is 4.99 Å². The van der Waals surface area contributed by atoms with Gasteiger partial charge in [-0.05, 0) is 43.0 Å². The Labute approximate surface area is 172 Å². The van der Waals surface area contributed by atoms with Crippen molar-refractivity contribution in [3.8, 4) is 0 Å². The highest BCUT2D eigenvalue weighted by molar-refractivity contribution is 14.0. The predicted molar refractivity (Wildman–Crippen MR) is 122 cm³/mol. The van der Waals surface area contributed by atoms with Crippen molar-refractivity contribution in [2.75, 3.05) is 13.6 Å². The van der Waals surface area contributed by atoms with Gasteiger partial charge in [-0.3, -0.25) is 4.99 Å².